The number of rotatable bonds is 5. The van der Waals surface area contributed by atoms with Crippen LogP contribution in [0.1, 0.15) is 27.9 Å². The summed E-state index contributed by atoms with van der Waals surface area (Å²) in [5.74, 6) is -0.0209. The topological polar surface area (TPSA) is 86.4 Å². The zero-order chi connectivity index (χ0) is 24.0. The predicted molar refractivity (Wildman–Crippen MR) is 119 cm³/mol. The molecule has 1 saturated heterocycles. The Kier molecular flexibility index (Phi) is 6.10. The second-order valence-electron chi connectivity index (χ2n) is 7.69. The Balaban J connectivity index is 1.49. The van der Waals surface area contributed by atoms with Gasteiger partial charge in [0.2, 0.25) is 10.0 Å². The summed E-state index contributed by atoms with van der Waals surface area (Å²) in [6.07, 6.45) is -4.56. The van der Waals surface area contributed by atoms with Crippen LogP contribution >= 0.6 is 11.3 Å². The van der Waals surface area contributed by atoms with Gasteiger partial charge in [-0.2, -0.15) is 22.6 Å². The van der Waals surface area contributed by atoms with Crippen molar-refractivity contribution in [2.24, 2.45) is 0 Å². The van der Waals surface area contributed by atoms with E-state index in [9.17, 15) is 26.4 Å². The van der Waals surface area contributed by atoms with Crippen LogP contribution in [0.25, 0.3) is 10.6 Å². The number of sulfonamides is 1. The number of hydrogen-bond acceptors (Lipinski definition) is 6. The monoisotopic (exact) mass is 498 g/mol. The van der Waals surface area contributed by atoms with Crippen LogP contribution in [0, 0.1) is 6.92 Å². The first kappa shape index (κ1) is 23.5. The number of carbonyl (C=O) groups is 1. The number of H-pyrrole nitrogens is 1. The smallest absolute Gasteiger partial charge is 0.369 e. The van der Waals surface area contributed by atoms with Crippen LogP contribution in [0.15, 0.2) is 41.3 Å². The number of alkyl halides is 3. The van der Waals surface area contributed by atoms with Gasteiger partial charge in [0, 0.05) is 42.3 Å². The highest BCUT2D eigenvalue weighted by Gasteiger charge is 2.34. The van der Waals surface area contributed by atoms with Crippen molar-refractivity contribution in [2.75, 3.05) is 31.1 Å². The molecule has 0 amide bonds. The van der Waals surface area contributed by atoms with Crippen molar-refractivity contribution in [3.05, 3.63) is 52.5 Å². The Morgan fingerprint density at radius 3 is 2.27 bits per heavy atom. The molecule has 1 aliphatic rings. The molecule has 1 aromatic carbocycles. The van der Waals surface area contributed by atoms with Crippen molar-refractivity contribution >= 4 is 32.8 Å². The molecular weight excluding hydrogens is 477 g/mol. The van der Waals surface area contributed by atoms with Gasteiger partial charge >= 0.3 is 6.18 Å². The highest BCUT2D eigenvalue weighted by Crippen LogP contribution is 2.37. The number of halogens is 3. The summed E-state index contributed by atoms with van der Waals surface area (Å²) in [5.41, 5.74) is 0.587. The number of piperazine rings is 1. The van der Waals surface area contributed by atoms with Crippen molar-refractivity contribution in [3.63, 3.8) is 0 Å². The number of anilines is 1. The molecule has 0 bridgehead atoms. The molecule has 0 radical (unpaired) electrons. The highest BCUT2D eigenvalue weighted by atomic mass is 32.2. The number of nitrogens with one attached hydrogen (secondary N) is 1. The van der Waals surface area contributed by atoms with E-state index in [1.165, 1.54) is 17.3 Å². The maximum atomic E-state index is 13.2. The molecule has 0 saturated carbocycles. The molecule has 7 nitrogen and oxygen atoms in total. The zero-order valence-electron chi connectivity index (χ0n) is 17.8. The lowest BCUT2D eigenvalue weighted by Gasteiger charge is -2.35. The number of thiophene rings is 1. The maximum absolute atomic E-state index is 13.2. The molecule has 0 aliphatic carbocycles. The maximum Gasteiger partial charge on any atom is 0.432 e. The minimum Gasteiger partial charge on any atom is -0.369 e. The Morgan fingerprint density at radius 2 is 1.73 bits per heavy atom. The van der Waals surface area contributed by atoms with E-state index in [0.717, 1.165) is 23.1 Å². The van der Waals surface area contributed by atoms with Gasteiger partial charge in [-0.1, -0.05) is 0 Å². The third kappa shape index (κ3) is 4.68. The van der Waals surface area contributed by atoms with Crippen LogP contribution in [0.4, 0.5) is 18.9 Å². The fourth-order valence-corrected chi connectivity index (χ4v) is 6.62. The molecule has 2 aromatic heterocycles. The third-order valence-electron chi connectivity index (χ3n) is 5.50. The number of aryl methyl sites for hydroxylation is 1. The Bertz CT molecular complexity index is 1270. The molecule has 1 N–H and O–H groups in total. The quantitative estimate of drug-likeness (QED) is 0.534. The van der Waals surface area contributed by atoms with Crippen molar-refractivity contribution in [2.45, 2.75) is 24.9 Å². The first-order chi connectivity index (χ1) is 15.5. The Hall–Kier alpha value is -2.70. The number of Topliss-reactive ketones (excluding diaryl/α,β-unsaturated/α-hetero) is 1. The second-order valence-corrected chi connectivity index (χ2v) is 10.9. The molecule has 0 spiro atoms. The predicted octanol–water partition coefficient (Wildman–Crippen LogP) is 4.18. The molecule has 3 aromatic rings. The van der Waals surface area contributed by atoms with Crippen molar-refractivity contribution in [1.82, 2.24) is 14.5 Å². The number of aromatic nitrogens is 2. The van der Waals surface area contributed by atoms with Crippen molar-refractivity contribution in [1.29, 1.82) is 0 Å². The summed E-state index contributed by atoms with van der Waals surface area (Å²) in [6, 6.07) is 9.44. The number of nitrogens with zero attached hydrogens (tertiary/aromatic N) is 3. The van der Waals surface area contributed by atoms with Crippen LogP contribution in [-0.4, -0.2) is 54.9 Å². The average Bonchev–Trinajstić information content (AvgIpc) is 3.41. The van der Waals surface area contributed by atoms with Crippen molar-refractivity contribution in [3.8, 4) is 10.6 Å². The lowest BCUT2D eigenvalue weighted by Crippen LogP contribution is -2.48. The molecule has 33 heavy (non-hydrogen) atoms. The zero-order valence-corrected chi connectivity index (χ0v) is 19.4. The van der Waals surface area contributed by atoms with Gasteiger partial charge in [-0.3, -0.25) is 9.89 Å². The summed E-state index contributed by atoms with van der Waals surface area (Å²) in [7, 11) is -3.81. The SMILES string of the molecule is CC(=O)c1ccc(N2CCN(S(=O)(=O)c3cc(-c4cc(C(F)(F)F)[nH]n4)sc3C)CC2)cc1. The largest absolute Gasteiger partial charge is 0.432 e. The number of hydrogen-bond donors (Lipinski definition) is 1. The fraction of sp³-hybridized carbons (Fsp3) is 0.333. The van der Waals surface area contributed by atoms with Crippen molar-refractivity contribution < 1.29 is 26.4 Å². The molecule has 4 rings (SSSR count). The average molecular weight is 499 g/mol. The van der Waals surface area contributed by atoms with E-state index in [1.807, 2.05) is 22.1 Å². The second kappa shape index (κ2) is 8.58. The molecule has 1 fully saturated rings. The van der Waals surface area contributed by atoms with E-state index in [-0.39, 0.29) is 29.5 Å². The van der Waals surface area contributed by atoms with E-state index in [0.29, 0.717) is 28.4 Å². The molecular formula is C21H21F3N4O3S2. The highest BCUT2D eigenvalue weighted by molar-refractivity contribution is 7.89. The Morgan fingerprint density at radius 1 is 1.09 bits per heavy atom. The van der Waals surface area contributed by atoms with Crippen LogP contribution in [0.2, 0.25) is 0 Å². The van der Waals surface area contributed by atoms with Gasteiger partial charge in [0.15, 0.2) is 5.78 Å². The molecule has 176 valence electrons. The van der Waals surface area contributed by atoms with Crippen LogP contribution < -0.4 is 4.90 Å². The van der Waals surface area contributed by atoms with E-state index < -0.39 is 21.9 Å². The first-order valence-electron chi connectivity index (χ1n) is 10.1. The lowest BCUT2D eigenvalue weighted by atomic mass is 10.1. The van der Waals surface area contributed by atoms with Gasteiger partial charge < -0.3 is 4.90 Å². The van der Waals surface area contributed by atoms with Crippen LogP contribution in [-0.2, 0) is 16.2 Å². The number of ketones is 1. The number of benzene rings is 1. The van der Waals surface area contributed by atoms with Gasteiger partial charge in [0.25, 0.3) is 0 Å². The summed E-state index contributed by atoms with van der Waals surface area (Å²) in [5, 5.41) is 5.64. The van der Waals surface area contributed by atoms with Gasteiger partial charge in [0.1, 0.15) is 11.4 Å². The number of carbonyl (C=O) groups excluding carboxylic acids is 1. The van der Waals surface area contributed by atoms with E-state index in [4.69, 9.17) is 0 Å². The summed E-state index contributed by atoms with van der Waals surface area (Å²) >= 11 is 1.09. The van der Waals surface area contributed by atoms with E-state index in [2.05, 4.69) is 5.10 Å². The third-order valence-corrected chi connectivity index (χ3v) is 8.73. The van der Waals surface area contributed by atoms with Gasteiger partial charge in [0.05, 0.1) is 9.77 Å². The molecule has 12 heteroatoms. The van der Waals surface area contributed by atoms with Crippen LogP contribution in [0.3, 0.4) is 0 Å². The lowest BCUT2D eigenvalue weighted by molar-refractivity contribution is -0.141. The van der Waals surface area contributed by atoms with E-state index in [1.54, 1.807) is 19.1 Å². The normalized spacial score (nSPS) is 15.7. The first-order valence-corrected chi connectivity index (χ1v) is 12.3. The summed E-state index contributed by atoms with van der Waals surface area (Å²) < 4.78 is 66.4. The van der Waals surface area contributed by atoms with Gasteiger partial charge in [-0.15, -0.1) is 11.3 Å². The molecule has 1 aliphatic heterocycles. The summed E-state index contributed by atoms with van der Waals surface area (Å²) in [6.45, 7) is 4.61. The van der Waals surface area contributed by atoms with E-state index >= 15 is 0 Å². The standard InChI is InChI=1S/C21H21F3N4O3S2/c1-13(29)15-3-5-16(6-4-15)27-7-9-28(10-8-27)33(30,31)19-12-18(32-14(19)2)17-11-20(26-25-17)21(22,23)24/h3-6,11-12H,7-10H2,1-2H3,(H,25,26). The summed E-state index contributed by atoms with van der Waals surface area (Å²) in [4.78, 5) is 14.4. The minimum absolute atomic E-state index is 0.0209. The molecule has 0 unspecified atom stereocenters. The number of aromatic amines is 1. The molecule has 0 atom stereocenters. The fourth-order valence-electron chi connectivity index (χ4n) is 3.67. The molecule has 3 heterocycles. The van der Waals surface area contributed by atoms with Gasteiger partial charge in [-0.05, 0) is 50.2 Å². The minimum atomic E-state index is -4.56. The van der Waals surface area contributed by atoms with Crippen LogP contribution in [0.5, 0.6) is 0 Å². The van der Waals surface area contributed by atoms with Gasteiger partial charge in [-0.25, -0.2) is 8.42 Å². The Labute approximate surface area is 192 Å².